The Morgan fingerprint density at radius 2 is 1.65 bits per heavy atom. The van der Waals surface area contributed by atoms with E-state index >= 15 is 8.78 Å². The van der Waals surface area contributed by atoms with Crippen molar-refractivity contribution in [2.24, 2.45) is 5.92 Å². The number of hydrogen-bond donors (Lipinski definition) is 3. The number of imidazole rings is 1. The number of likely N-dealkylation sites (N-methyl/N-ethyl adjacent to an activating group) is 1. The molecule has 6 rings (SSSR count). The van der Waals surface area contributed by atoms with Crippen LogP contribution in [0.15, 0.2) is 30.5 Å². The summed E-state index contributed by atoms with van der Waals surface area (Å²) in [5, 5.41) is 5.96. The number of amides is 1. The number of pyridine rings is 1. The van der Waals surface area contributed by atoms with Crippen molar-refractivity contribution in [1.82, 2.24) is 34.7 Å². The molecule has 1 saturated carbocycles. The number of halogens is 3. The van der Waals surface area contributed by atoms with Gasteiger partial charge in [0.15, 0.2) is 11.6 Å². The predicted octanol–water partition coefficient (Wildman–Crippen LogP) is 9.42. The van der Waals surface area contributed by atoms with Crippen molar-refractivity contribution in [2.45, 2.75) is 100 Å². The second-order valence-electron chi connectivity index (χ2n) is 11.2. The molecule has 1 aromatic carbocycles. The highest BCUT2D eigenvalue weighted by Crippen LogP contribution is 2.37. The standard InChI is InChI=1S/C30H34F2N8O.3C2H6.HIS/c1-17-4-7-21(8-5-17)40-18(2)35-29-22(31)12-20(13-25(29)40)28-23(32)14-34-30(38-28)37-26-9-6-19-16-39(27(41)15-33-3)11-10-24(19)36-26;4*1-2/h6,9,12-14,17,21,33H,4-5,7-8,10-11,15-16H2,1-3H3,(H,34,36,37,38);3*1-2H3;2H. The van der Waals surface area contributed by atoms with Crippen molar-refractivity contribution in [3.05, 3.63) is 59.2 Å². The number of rotatable bonds is 6. The molecular weight excluding hydrogens is 757 g/mol. The van der Waals surface area contributed by atoms with E-state index in [0.29, 0.717) is 54.4 Å². The van der Waals surface area contributed by atoms with Gasteiger partial charge in [-0.2, -0.15) is 0 Å². The lowest BCUT2D eigenvalue weighted by atomic mass is 9.87. The molecule has 0 radical (unpaired) electrons. The van der Waals surface area contributed by atoms with Gasteiger partial charge in [-0.15, -0.1) is 9.80 Å². The topological polar surface area (TPSA) is 101 Å². The third-order valence-electron chi connectivity index (χ3n) is 8.26. The van der Waals surface area contributed by atoms with Gasteiger partial charge in [0.05, 0.1) is 18.3 Å². The van der Waals surface area contributed by atoms with Gasteiger partial charge in [-0.3, -0.25) is 4.79 Å². The van der Waals surface area contributed by atoms with Gasteiger partial charge in [0.25, 0.3) is 0 Å². The molecule has 4 aromatic rings. The fourth-order valence-electron chi connectivity index (χ4n) is 6.07. The van der Waals surface area contributed by atoms with Crippen LogP contribution in [-0.4, -0.2) is 55.4 Å². The largest absolute Gasteiger partial charge is 0.337 e. The first-order chi connectivity index (χ1) is 23.8. The fraction of sp³-hybridized carbons (Fsp3) is 0.528. The number of fused-ring (bicyclic) bond motifs is 2. The van der Waals surface area contributed by atoms with Gasteiger partial charge in [0.2, 0.25) is 11.9 Å². The average Bonchev–Trinajstić information content (AvgIpc) is 3.48. The minimum Gasteiger partial charge on any atom is -0.337 e. The second kappa shape index (κ2) is 21.3. The lowest BCUT2D eigenvalue weighted by Gasteiger charge is -2.28. The molecule has 0 unspecified atom stereocenters. The van der Waals surface area contributed by atoms with Crippen LogP contribution in [0.4, 0.5) is 20.5 Å². The van der Waals surface area contributed by atoms with Crippen LogP contribution in [0.3, 0.4) is 0 Å². The number of carbonyl (C=O) groups is 1. The highest BCUT2D eigenvalue weighted by atomic mass is 127. The number of nitrogens with one attached hydrogen (secondary N) is 2. The number of aryl methyl sites for hydroxylation is 1. The van der Waals surface area contributed by atoms with Gasteiger partial charge >= 0.3 is 0 Å². The zero-order chi connectivity index (χ0) is 36.7. The van der Waals surface area contributed by atoms with E-state index in [2.05, 4.69) is 51.9 Å². The maximum absolute atomic E-state index is 15.3. The van der Waals surface area contributed by atoms with Crippen LogP contribution in [0.1, 0.15) is 97.3 Å². The van der Waals surface area contributed by atoms with E-state index in [1.165, 1.54) is 6.07 Å². The molecule has 4 heterocycles. The minimum absolute atomic E-state index is 0.00242. The Hall–Kier alpha value is -2.91. The molecule has 270 valence electrons. The number of benzene rings is 1. The molecule has 1 amide bonds. The summed E-state index contributed by atoms with van der Waals surface area (Å²) in [4.78, 5) is 31.8. The normalized spacial score (nSPS) is 16.3. The first-order valence-corrected chi connectivity index (χ1v) is 20.6. The molecule has 9 nitrogen and oxygen atoms in total. The summed E-state index contributed by atoms with van der Waals surface area (Å²) in [6.07, 6.45) is 5.96. The van der Waals surface area contributed by atoms with Crippen molar-refractivity contribution in [3.8, 4) is 11.3 Å². The van der Waals surface area contributed by atoms with Gasteiger partial charge in [-0.05, 0) is 90.5 Å². The summed E-state index contributed by atoms with van der Waals surface area (Å²) < 4.78 is 32.5. The Balaban J connectivity index is 0.000000973. The summed E-state index contributed by atoms with van der Waals surface area (Å²) >= 11 is 1.84. The maximum Gasteiger partial charge on any atom is 0.236 e. The van der Waals surface area contributed by atoms with E-state index in [1.54, 1.807) is 24.1 Å². The van der Waals surface area contributed by atoms with E-state index in [1.807, 2.05) is 75.7 Å². The molecule has 3 aromatic heterocycles. The van der Waals surface area contributed by atoms with Crippen LogP contribution in [0.25, 0.3) is 22.3 Å². The summed E-state index contributed by atoms with van der Waals surface area (Å²) in [7, 11) is 5.25. The molecular formula is C36H53F2IN8OS. The molecule has 13 heteroatoms. The third-order valence-corrected chi connectivity index (χ3v) is 8.26. The average molecular weight is 811 g/mol. The Labute approximate surface area is 308 Å². The van der Waals surface area contributed by atoms with Gasteiger partial charge in [0, 0.05) is 36.8 Å². The molecule has 0 saturated heterocycles. The third kappa shape index (κ3) is 10.5. The smallest absolute Gasteiger partial charge is 0.236 e. The maximum atomic E-state index is 15.3. The zero-order valence-electron chi connectivity index (χ0n) is 30.4. The summed E-state index contributed by atoms with van der Waals surface area (Å²) in [5.74, 6) is 1.01. The van der Waals surface area contributed by atoms with Crippen molar-refractivity contribution in [1.29, 1.82) is 0 Å². The molecule has 1 aliphatic carbocycles. The number of thiol groups is 1. The minimum atomic E-state index is -0.645. The van der Waals surface area contributed by atoms with E-state index in [4.69, 9.17) is 0 Å². The van der Waals surface area contributed by atoms with Crippen LogP contribution in [0.2, 0.25) is 0 Å². The second-order valence-corrected chi connectivity index (χ2v) is 11.2. The van der Waals surface area contributed by atoms with Crippen molar-refractivity contribution in [2.75, 3.05) is 25.5 Å². The van der Waals surface area contributed by atoms with Crippen molar-refractivity contribution >= 4 is 59.7 Å². The number of aromatic nitrogens is 5. The SMILES string of the molecule is CC.CC.CC.CNCC(=O)N1CCc2nc(Nc3ncc(F)c(-c4cc(F)c5nc(C)n(C6CCC(C)CC6)c5c4)n3)ccc2C1.SI. The number of carbonyl (C=O) groups excluding carboxylic acids is 1. The quantitative estimate of drug-likeness (QED) is 0.132. The summed E-state index contributed by atoms with van der Waals surface area (Å²) in [5.41, 5.74) is 3.15. The number of nitrogens with zero attached hydrogens (tertiary/aromatic N) is 6. The molecule has 2 N–H and O–H groups in total. The Kier molecular flexibility index (Phi) is 18.4. The van der Waals surface area contributed by atoms with Crippen LogP contribution in [0, 0.1) is 24.5 Å². The van der Waals surface area contributed by atoms with Crippen molar-refractivity contribution < 1.29 is 13.6 Å². The number of anilines is 2. The van der Waals surface area contributed by atoms with Gasteiger partial charge in [0.1, 0.15) is 22.9 Å². The molecule has 1 fully saturated rings. The van der Waals surface area contributed by atoms with Gasteiger partial charge in [-0.25, -0.2) is 28.7 Å². The molecule has 2 aliphatic rings. The highest BCUT2D eigenvalue weighted by molar-refractivity contribution is 14.2. The molecule has 1 aliphatic heterocycles. The predicted molar refractivity (Wildman–Crippen MR) is 210 cm³/mol. The Morgan fingerprint density at radius 3 is 2.31 bits per heavy atom. The first kappa shape index (κ1) is 42.3. The Bertz CT molecular complexity index is 1630. The lowest BCUT2D eigenvalue weighted by Crippen LogP contribution is -2.40. The highest BCUT2D eigenvalue weighted by Gasteiger charge is 2.25. The first-order valence-electron chi connectivity index (χ1n) is 17.4. The van der Waals surface area contributed by atoms with Gasteiger partial charge in [-0.1, -0.05) is 54.5 Å². The lowest BCUT2D eigenvalue weighted by molar-refractivity contribution is -0.131. The molecule has 0 atom stereocenters. The van der Waals surface area contributed by atoms with E-state index < -0.39 is 11.6 Å². The molecule has 0 bridgehead atoms. The molecule has 49 heavy (non-hydrogen) atoms. The van der Waals surface area contributed by atoms with Crippen molar-refractivity contribution in [3.63, 3.8) is 0 Å². The summed E-state index contributed by atoms with van der Waals surface area (Å²) in [6.45, 7) is 17.5. The monoisotopic (exact) mass is 810 g/mol. The Morgan fingerprint density at radius 1 is 0.980 bits per heavy atom. The van der Waals surface area contributed by atoms with Crippen LogP contribution >= 0.6 is 31.0 Å². The van der Waals surface area contributed by atoms with E-state index in [9.17, 15) is 4.79 Å². The molecule has 0 spiro atoms. The van der Waals surface area contributed by atoms with Gasteiger partial charge < -0.3 is 20.1 Å². The van der Waals surface area contributed by atoms with Crippen LogP contribution in [0.5, 0.6) is 0 Å². The zero-order valence-corrected chi connectivity index (χ0v) is 33.4. The van der Waals surface area contributed by atoms with Crippen LogP contribution < -0.4 is 10.6 Å². The van der Waals surface area contributed by atoms with E-state index in [-0.39, 0.29) is 23.6 Å². The summed E-state index contributed by atoms with van der Waals surface area (Å²) in [6, 6.07) is 7.02. The van der Waals surface area contributed by atoms with E-state index in [0.717, 1.165) is 49.0 Å². The fourth-order valence-corrected chi connectivity index (χ4v) is 6.07. The number of hydrogen-bond acceptors (Lipinski definition) is 8. The van der Waals surface area contributed by atoms with Crippen LogP contribution in [-0.2, 0) is 17.8 Å².